The van der Waals surface area contributed by atoms with Gasteiger partial charge in [-0.05, 0) is 49.2 Å². The molecule has 0 saturated carbocycles. The molecule has 0 atom stereocenters. The Bertz CT molecular complexity index is 661. The molecule has 21 heavy (non-hydrogen) atoms. The Morgan fingerprint density at radius 2 is 1.76 bits per heavy atom. The van der Waals surface area contributed by atoms with Gasteiger partial charge >= 0.3 is 0 Å². The van der Waals surface area contributed by atoms with E-state index in [4.69, 9.17) is 11.6 Å². The van der Waals surface area contributed by atoms with E-state index in [-0.39, 0.29) is 5.78 Å². The second-order valence-electron chi connectivity index (χ2n) is 5.10. The van der Waals surface area contributed by atoms with Crippen LogP contribution in [0.1, 0.15) is 23.2 Å². The number of hydrogen-bond donors (Lipinski definition) is 0. The average Bonchev–Trinajstić information content (AvgIpc) is 2.97. The smallest absolute Gasteiger partial charge is 0.187 e. The Morgan fingerprint density at radius 3 is 2.48 bits per heavy atom. The van der Waals surface area contributed by atoms with E-state index in [1.54, 1.807) is 30.3 Å². The molecule has 2 aromatic carbocycles. The third-order valence-corrected chi connectivity index (χ3v) is 3.91. The van der Waals surface area contributed by atoms with Crippen LogP contribution in [0.2, 0.25) is 5.02 Å². The van der Waals surface area contributed by atoms with Crippen LogP contribution in [-0.4, -0.2) is 12.3 Å². The number of carbonyl (C=O) groups excluding carboxylic acids is 1. The zero-order valence-electron chi connectivity index (χ0n) is 11.6. The summed E-state index contributed by atoms with van der Waals surface area (Å²) in [6.07, 6.45) is 3.77. The minimum absolute atomic E-state index is 0.0319. The van der Waals surface area contributed by atoms with Crippen LogP contribution < -0.4 is 4.90 Å². The standard InChI is InChI=1S/C18H16ClNO/c19-15-10-8-14(9-11-15)18(21)13-17-7-4-12-20(17)16-5-2-1-3-6-16/h1-3,5-6,8-11,13H,4,7,12H2/b17-13+. The fourth-order valence-electron chi connectivity index (χ4n) is 2.60. The Kier molecular flexibility index (Phi) is 4.07. The van der Waals surface area contributed by atoms with E-state index in [2.05, 4.69) is 17.0 Å². The Balaban J connectivity index is 1.84. The van der Waals surface area contributed by atoms with E-state index in [0.717, 1.165) is 30.8 Å². The van der Waals surface area contributed by atoms with Crippen LogP contribution in [0.4, 0.5) is 5.69 Å². The van der Waals surface area contributed by atoms with E-state index in [0.29, 0.717) is 10.6 Å². The highest BCUT2D eigenvalue weighted by atomic mass is 35.5. The topological polar surface area (TPSA) is 20.3 Å². The number of hydrogen-bond acceptors (Lipinski definition) is 2. The lowest BCUT2D eigenvalue weighted by Gasteiger charge is -2.20. The highest BCUT2D eigenvalue weighted by molar-refractivity contribution is 6.30. The van der Waals surface area contributed by atoms with Gasteiger partial charge in [-0.3, -0.25) is 4.79 Å². The summed E-state index contributed by atoms with van der Waals surface area (Å²) in [6, 6.07) is 17.2. The molecule has 106 valence electrons. The molecule has 1 aliphatic rings. The molecule has 0 aromatic heterocycles. The molecule has 0 spiro atoms. The third kappa shape index (κ3) is 3.17. The lowest BCUT2D eigenvalue weighted by Crippen LogP contribution is -2.17. The van der Waals surface area contributed by atoms with Gasteiger partial charge in [0.15, 0.2) is 5.78 Å². The highest BCUT2D eigenvalue weighted by Crippen LogP contribution is 2.28. The largest absolute Gasteiger partial charge is 0.345 e. The van der Waals surface area contributed by atoms with Crippen molar-refractivity contribution >= 4 is 23.1 Å². The van der Waals surface area contributed by atoms with Crippen molar-refractivity contribution in [2.75, 3.05) is 11.4 Å². The van der Waals surface area contributed by atoms with Crippen LogP contribution in [-0.2, 0) is 0 Å². The van der Waals surface area contributed by atoms with Crippen LogP contribution in [0.25, 0.3) is 0 Å². The Hall–Kier alpha value is -2.06. The van der Waals surface area contributed by atoms with E-state index < -0.39 is 0 Å². The van der Waals surface area contributed by atoms with Crippen molar-refractivity contribution in [2.45, 2.75) is 12.8 Å². The molecule has 3 heteroatoms. The number of para-hydroxylation sites is 1. The van der Waals surface area contributed by atoms with E-state index in [1.807, 2.05) is 18.2 Å². The molecular weight excluding hydrogens is 282 g/mol. The van der Waals surface area contributed by atoms with Gasteiger partial charge in [0.25, 0.3) is 0 Å². The second kappa shape index (κ2) is 6.15. The number of carbonyl (C=O) groups is 1. The maximum atomic E-state index is 12.3. The van der Waals surface area contributed by atoms with Crippen molar-refractivity contribution in [1.29, 1.82) is 0 Å². The molecule has 1 saturated heterocycles. The molecule has 0 bridgehead atoms. The average molecular weight is 298 g/mol. The van der Waals surface area contributed by atoms with E-state index in [1.165, 1.54) is 0 Å². The Morgan fingerprint density at radius 1 is 1.05 bits per heavy atom. The molecular formula is C18H16ClNO. The van der Waals surface area contributed by atoms with Gasteiger partial charge in [-0.15, -0.1) is 0 Å². The molecule has 0 aliphatic carbocycles. The maximum absolute atomic E-state index is 12.3. The van der Waals surface area contributed by atoms with Gasteiger partial charge in [0.1, 0.15) is 0 Å². The summed E-state index contributed by atoms with van der Waals surface area (Å²) in [6.45, 7) is 0.962. The predicted molar refractivity (Wildman–Crippen MR) is 86.9 cm³/mol. The van der Waals surface area contributed by atoms with Crippen molar-refractivity contribution in [3.63, 3.8) is 0 Å². The fourth-order valence-corrected chi connectivity index (χ4v) is 2.72. The van der Waals surface area contributed by atoms with Gasteiger partial charge in [0.2, 0.25) is 0 Å². The van der Waals surface area contributed by atoms with Crippen molar-refractivity contribution in [3.8, 4) is 0 Å². The minimum atomic E-state index is 0.0319. The Labute approximate surface area is 129 Å². The lowest BCUT2D eigenvalue weighted by molar-refractivity contribution is 0.104. The SMILES string of the molecule is O=C(/C=C1\CCCN1c1ccccc1)c1ccc(Cl)cc1. The number of anilines is 1. The van der Waals surface area contributed by atoms with Gasteiger partial charge in [0.05, 0.1) is 0 Å². The number of ketones is 1. The van der Waals surface area contributed by atoms with Gasteiger partial charge in [-0.1, -0.05) is 29.8 Å². The molecule has 0 unspecified atom stereocenters. The van der Waals surface area contributed by atoms with Crippen LogP contribution in [0.15, 0.2) is 66.4 Å². The molecule has 1 fully saturated rings. The van der Waals surface area contributed by atoms with E-state index in [9.17, 15) is 4.79 Å². The van der Waals surface area contributed by atoms with Crippen LogP contribution in [0.3, 0.4) is 0 Å². The summed E-state index contributed by atoms with van der Waals surface area (Å²) in [7, 11) is 0. The second-order valence-corrected chi connectivity index (χ2v) is 5.53. The van der Waals surface area contributed by atoms with Crippen molar-refractivity contribution in [3.05, 3.63) is 77.0 Å². The fraction of sp³-hybridized carbons (Fsp3) is 0.167. The zero-order chi connectivity index (χ0) is 14.7. The molecule has 0 N–H and O–H groups in total. The van der Waals surface area contributed by atoms with Crippen molar-refractivity contribution in [1.82, 2.24) is 0 Å². The molecule has 2 nitrogen and oxygen atoms in total. The maximum Gasteiger partial charge on any atom is 0.187 e. The quantitative estimate of drug-likeness (QED) is 0.604. The molecule has 1 heterocycles. The van der Waals surface area contributed by atoms with Crippen LogP contribution in [0.5, 0.6) is 0 Å². The van der Waals surface area contributed by atoms with Crippen molar-refractivity contribution < 1.29 is 4.79 Å². The highest BCUT2D eigenvalue weighted by Gasteiger charge is 2.19. The van der Waals surface area contributed by atoms with Gasteiger partial charge in [-0.25, -0.2) is 0 Å². The number of rotatable bonds is 3. The predicted octanol–water partition coefficient (Wildman–Crippen LogP) is 4.71. The summed E-state index contributed by atoms with van der Waals surface area (Å²) in [5.74, 6) is 0.0319. The first-order chi connectivity index (χ1) is 10.2. The van der Waals surface area contributed by atoms with Crippen molar-refractivity contribution in [2.24, 2.45) is 0 Å². The minimum Gasteiger partial charge on any atom is -0.345 e. The molecule has 0 radical (unpaired) electrons. The normalized spacial score (nSPS) is 16.4. The summed E-state index contributed by atoms with van der Waals surface area (Å²) in [4.78, 5) is 14.6. The summed E-state index contributed by atoms with van der Waals surface area (Å²) in [5.41, 5.74) is 2.90. The molecule has 2 aromatic rings. The summed E-state index contributed by atoms with van der Waals surface area (Å²) < 4.78 is 0. The first kappa shape index (κ1) is 13.9. The van der Waals surface area contributed by atoms with Gasteiger partial charge in [-0.2, -0.15) is 0 Å². The molecule has 1 aliphatic heterocycles. The number of halogens is 1. The monoisotopic (exact) mass is 297 g/mol. The number of nitrogens with zero attached hydrogens (tertiary/aromatic N) is 1. The van der Waals surface area contributed by atoms with Crippen LogP contribution >= 0.6 is 11.6 Å². The molecule has 3 rings (SSSR count). The van der Waals surface area contributed by atoms with E-state index >= 15 is 0 Å². The number of benzene rings is 2. The third-order valence-electron chi connectivity index (χ3n) is 3.66. The number of allylic oxidation sites excluding steroid dienone is 2. The first-order valence-corrected chi connectivity index (χ1v) is 7.45. The zero-order valence-corrected chi connectivity index (χ0v) is 12.4. The first-order valence-electron chi connectivity index (χ1n) is 7.07. The van der Waals surface area contributed by atoms with Gasteiger partial charge in [0, 0.05) is 34.6 Å². The lowest BCUT2D eigenvalue weighted by atomic mass is 10.1. The summed E-state index contributed by atoms with van der Waals surface area (Å²) >= 11 is 5.85. The summed E-state index contributed by atoms with van der Waals surface area (Å²) in [5, 5.41) is 0.644. The van der Waals surface area contributed by atoms with Crippen LogP contribution in [0, 0.1) is 0 Å². The molecule has 0 amide bonds. The van der Waals surface area contributed by atoms with Gasteiger partial charge < -0.3 is 4.90 Å².